The molecule has 1 aromatic rings. The Morgan fingerprint density at radius 2 is 2.09 bits per heavy atom. The average molecular weight is 152 g/mol. The molecule has 1 heterocycles. The van der Waals surface area contributed by atoms with E-state index in [1.807, 2.05) is 0 Å². The van der Waals surface area contributed by atoms with Gasteiger partial charge >= 0.3 is 0 Å². The Morgan fingerprint density at radius 1 is 1.45 bits per heavy atom. The Balaban J connectivity index is 0.000000292. The van der Waals surface area contributed by atoms with Crippen molar-refractivity contribution in [2.45, 2.75) is 0 Å². The highest BCUT2D eigenvalue weighted by atomic mass is 16.1. The van der Waals surface area contributed by atoms with Crippen LogP contribution >= 0.6 is 0 Å². The van der Waals surface area contributed by atoms with Crippen molar-refractivity contribution in [1.82, 2.24) is 4.98 Å². The Hall–Kier alpha value is -1.71. The molecular formula is C7H8N2O2. The van der Waals surface area contributed by atoms with Gasteiger partial charge in [0.25, 0.3) is 0 Å². The molecule has 0 atom stereocenters. The second kappa shape index (κ2) is 6.41. The first-order valence-electron chi connectivity index (χ1n) is 2.85. The van der Waals surface area contributed by atoms with E-state index in [0.717, 1.165) is 6.29 Å². The number of hydrogen-bond donors (Lipinski definition) is 1. The molecule has 1 amide bonds. The molecule has 0 bridgehead atoms. The van der Waals surface area contributed by atoms with Gasteiger partial charge in [0.15, 0.2) is 6.29 Å². The minimum absolute atomic E-state index is 0.250. The molecule has 0 fully saturated rings. The molecule has 0 saturated heterocycles. The summed E-state index contributed by atoms with van der Waals surface area (Å²) >= 11 is 0. The third-order valence-corrected chi connectivity index (χ3v) is 0.820. The van der Waals surface area contributed by atoms with Gasteiger partial charge in [-0.15, -0.1) is 0 Å². The molecule has 0 aliphatic carbocycles. The van der Waals surface area contributed by atoms with Crippen molar-refractivity contribution in [3.8, 4) is 0 Å². The normalized spacial score (nSPS) is 7.27. The Bertz CT molecular complexity index is 211. The highest BCUT2D eigenvalue weighted by molar-refractivity contribution is 5.73. The van der Waals surface area contributed by atoms with E-state index in [-0.39, 0.29) is 6.41 Å². The van der Waals surface area contributed by atoms with Crippen LogP contribution in [-0.4, -0.2) is 17.7 Å². The number of carbonyl (C=O) groups excluding carboxylic acids is 2. The smallest absolute Gasteiger partial charge is 0.204 e. The van der Waals surface area contributed by atoms with Crippen LogP contribution in [0.5, 0.6) is 0 Å². The van der Waals surface area contributed by atoms with Crippen LogP contribution in [0, 0.1) is 0 Å². The van der Waals surface area contributed by atoms with Crippen molar-refractivity contribution in [3.63, 3.8) is 0 Å². The van der Waals surface area contributed by atoms with Crippen LogP contribution in [0.1, 0.15) is 10.4 Å². The monoisotopic (exact) mass is 152 g/mol. The van der Waals surface area contributed by atoms with Crippen LogP contribution in [-0.2, 0) is 4.79 Å². The maximum Gasteiger partial charge on any atom is 0.204 e. The summed E-state index contributed by atoms with van der Waals surface area (Å²) in [4.78, 5) is 22.3. The zero-order chi connectivity index (χ0) is 8.53. The van der Waals surface area contributed by atoms with E-state index in [2.05, 4.69) is 10.7 Å². The lowest BCUT2D eigenvalue weighted by Crippen LogP contribution is -1.82. The Labute approximate surface area is 64.0 Å². The summed E-state index contributed by atoms with van der Waals surface area (Å²) in [5.74, 6) is 0. The van der Waals surface area contributed by atoms with Gasteiger partial charge in [0.05, 0.1) is 0 Å². The zero-order valence-electron chi connectivity index (χ0n) is 5.81. The largest absolute Gasteiger partial charge is 0.372 e. The third kappa shape index (κ3) is 4.77. The summed E-state index contributed by atoms with van der Waals surface area (Å²) in [7, 11) is 0. The lowest BCUT2D eigenvalue weighted by Gasteiger charge is -1.81. The van der Waals surface area contributed by atoms with Gasteiger partial charge in [-0.3, -0.25) is 14.6 Å². The number of aromatic nitrogens is 1. The summed E-state index contributed by atoms with van der Waals surface area (Å²) in [5.41, 5.74) is 4.78. The van der Waals surface area contributed by atoms with E-state index >= 15 is 0 Å². The molecule has 4 heteroatoms. The van der Waals surface area contributed by atoms with Crippen LogP contribution < -0.4 is 5.73 Å². The first-order chi connectivity index (χ1) is 5.35. The maximum atomic E-state index is 9.97. The fraction of sp³-hybridized carbons (Fsp3) is 0. The molecule has 0 saturated carbocycles. The van der Waals surface area contributed by atoms with Crippen molar-refractivity contribution in [2.75, 3.05) is 0 Å². The van der Waals surface area contributed by atoms with E-state index in [0.29, 0.717) is 5.56 Å². The Kier molecular flexibility index (Phi) is 5.41. The SMILES string of the molecule is NC=O.O=Cc1cccnc1. The first kappa shape index (κ1) is 9.29. The molecule has 0 spiro atoms. The summed E-state index contributed by atoms with van der Waals surface area (Å²) in [5, 5.41) is 0. The molecular weight excluding hydrogens is 144 g/mol. The summed E-state index contributed by atoms with van der Waals surface area (Å²) in [6.45, 7) is 0. The van der Waals surface area contributed by atoms with Gasteiger partial charge < -0.3 is 5.73 Å². The van der Waals surface area contributed by atoms with Crippen molar-refractivity contribution in [3.05, 3.63) is 30.1 Å². The lowest BCUT2D eigenvalue weighted by molar-refractivity contribution is -0.106. The van der Waals surface area contributed by atoms with Crippen LogP contribution in [0.3, 0.4) is 0 Å². The highest BCUT2D eigenvalue weighted by Gasteiger charge is 1.81. The number of pyridine rings is 1. The van der Waals surface area contributed by atoms with Crippen LogP contribution in [0.25, 0.3) is 0 Å². The van der Waals surface area contributed by atoms with E-state index < -0.39 is 0 Å². The number of carbonyl (C=O) groups is 2. The fourth-order valence-electron chi connectivity index (χ4n) is 0.446. The number of aldehydes is 1. The topological polar surface area (TPSA) is 73.1 Å². The summed E-state index contributed by atoms with van der Waals surface area (Å²) in [6, 6.07) is 3.43. The van der Waals surface area contributed by atoms with Gasteiger partial charge in [0.1, 0.15) is 0 Å². The third-order valence-electron chi connectivity index (χ3n) is 0.820. The van der Waals surface area contributed by atoms with Gasteiger partial charge in [-0.1, -0.05) is 0 Å². The summed E-state index contributed by atoms with van der Waals surface area (Å²) in [6.07, 6.45) is 4.17. The van der Waals surface area contributed by atoms with Crippen molar-refractivity contribution in [2.24, 2.45) is 5.73 Å². The highest BCUT2D eigenvalue weighted by Crippen LogP contribution is 1.87. The second-order valence-electron chi connectivity index (χ2n) is 1.54. The number of nitrogens with two attached hydrogens (primary N) is 1. The molecule has 1 rings (SSSR count). The zero-order valence-corrected chi connectivity index (χ0v) is 5.81. The number of hydrogen-bond acceptors (Lipinski definition) is 3. The number of amides is 1. The van der Waals surface area contributed by atoms with Crippen LogP contribution in [0.15, 0.2) is 24.5 Å². The van der Waals surface area contributed by atoms with Gasteiger partial charge in [0.2, 0.25) is 6.41 Å². The van der Waals surface area contributed by atoms with Gasteiger partial charge in [-0.05, 0) is 12.1 Å². The van der Waals surface area contributed by atoms with E-state index in [9.17, 15) is 4.79 Å². The number of primary amides is 1. The minimum atomic E-state index is 0.250. The number of rotatable bonds is 1. The molecule has 0 aliphatic rings. The molecule has 11 heavy (non-hydrogen) atoms. The molecule has 2 N–H and O–H groups in total. The van der Waals surface area contributed by atoms with E-state index in [4.69, 9.17) is 4.79 Å². The molecule has 0 unspecified atom stereocenters. The standard InChI is InChI=1S/C6H5NO.CH3NO/c8-5-6-2-1-3-7-4-6;2-1-3/h1-5H;1H,(H2,2,3). The molecule has 1 aromatic heterocycles. The quantitative estimate of drug-likeness (QED) is 0.575. The van der Waals surface area contributed by atoms with Crippen LogP contribution in [0.2, 0.25) is 0 Å². The average Bonchev–Trinajstić information content (AvgIpc) is 2.08. The molecule has 4 nitrogen and oxygen atoms in total. The van der Waals surface area contributed by atoms with Crippen molar-refractivity contribution >= 4 is 12.7 Å². The minimum Gasteiger partial charge on any atom is -0.372 e. The molecule has 58 valence electrons. The van der Waals surface area contributed by atoms with E-state index in [1.165, 1.54) is 6.20 Å². The first-order valence-corrected chi connectivity index (χ1v) is 2.85. The van der Waals surface area contributed by atoms with Gasteiger partial charge in [0, 0.05) is 18.0 Å². The summed E-state index contributed by atoms with van der Waals surface area (Å²) < 4.78 is 0. The predicted octanol–water partition coefficient (Wildman–Crippen LogP) is -0.00440. The molecule has 0 aliphatic heterocycles. The molecule has 0 radical (unpaired) electrons. The van der Waals surface area contributed by atoms with E-state index in [1.54, 1.807) is 18.3 Å². The Morgan fingerprint density at radius 3 is 2.36 bits per heavy atom. The van der Waals surface area contributed by atoms with Gasteiger partial charge in [-0.2, -0.15) is 0 Å². The lowest BCUT2D eigenvalue weighted by atomic mass is 10.3. The number of nitrogens with zero attached hydrogens (tertiary/aromatic N) is 1. The second-order valence-corrected chi connectivity index (χ2v) is 1.54. The molecule has 0 aromatic carbocycles. The maximum absolute atomic E-state index is 9.97. The van der Waals surface area contributed by atoms with Crippen molar-refractivity contribution in [1.29, 1.82) is 0 Å². The van der Waals surface area contributed by atoms with Gasteiger partial charge in [-0.25, -0.2) is 0 Å². The van der Waals surface area contributed by atoms with Crippen LogP contribution in [0.4, 0.5) is 0 Å². The fourth-order valence-corrected chi connectivity index (χ4v) is 0.446. The predicted molar refractivity (Wildman–Crippen MR) is 39.9 cm³/mol. The van der Waals surface area contributed by atoms with Crippen molar-refractivity contribution < 1.29 is 9.59 Å².